The molecule has 0 saturated carbocycles. The second-order valence-corrected chi connectivity index (χ2v) is 6.14. The summed E-state index contributed by atoms with van der Waals surface area (Å²) in [6.45, 7) is -0.789. The van der Waals surface area contributed by atoms with Crippen molar-refractivity contribution in [1.29, 1.82) is 0 Å². The monoisotopic (exact) mass is 348 g/mol. The van der Waals surface area contributed by atoms with Gasteiger partial charge in [-0.2, -0.15) is 26.3 Å². The summed E-state index contributed by atoms with van der Waals surface area (Å²) in [5, 5.41) is -0.582. The summed E-state index contributed by atoms with van der Waals surface area (Å²) < 4.78 is 93.5. The fraction of sp³-hybridized carbons (Fsp3) is 0.333. The van der Waals surface area contributed by atoms with Crippen molar-refractivity contribution < 1.29 is 40.0 Å². The highest BCUT2D eigenvalue weighted by Gasteiger charge is 2.40. The van der Waals surface area contributed by atoms with Crippen LogP contribution in [0.4, 0.5) is 26.3 Å². The van der Waals surface area contributed by atoms with Gasteiger partial charge in [-0.3, -0.25) is 13.6 Å². The zero-order valence-corrected chi connectivity index (χ0v) is 11.8. The van der Waals surface area contributed by atoms with Gasteiger partial charge in [-0.25, -0.2) is 0 Å². The van der Waals surface area contributed by atoms with E-state index in [1.54, 1.807) is 6.07 Å². The van der Waals surface area contributed by atoms with Crippen LogP contribution in [0.25, 0.3) is 5.31 Å². The molecule has 0 aromatic heterocycles. The van der Waals surface area contributed by atoms with E-state index in [1.165, 1.54) is 24.3 Å². The molecule has 0 heterocycles. The minimum absolute atomic E-state index is 0.0511. The van der Waals surface area contributed by atoms with Gasteiger partial charge in [0.15, 0.2) is 13.2 Å². The van der Waals surface area contributed by atoms with Gasteiger partial charge in [-0.05, 0) is 5.56 Å². The summed E-state index contributed by atoms with van der Waals surface area (Å²) in [7, 11) is -4.86. The van der Waals surface area contributed by atoms with Crippen molar-refractivity contribution in [2.24, 2.45) is 0 Å². The van der Waals surface area contributed by atoms with Crippen LogP contribution in [0.15, 0.2) is 36.9 Å². The summed E-state index contributed by atoms with van der Waals surface area (Å²) in [5.74, 6) is 0. The Morgan fingerprint density at radius 2 is 1.36 bits per heavy atom. The summed E-state index contributed by atoms with van der Waals surface area (Å²) in [6, 6.07) is 7.05. The van der Waals surface area contributed by atoms with Crippen LogP contribution in [0.5, 0.6) is 0 Å². The van der Waals surface area contributed by atoms with Crippen molar-refractivity contribution in [3.8, 4) is 0 Å². The van der Waals surface area contributed by atoms with Crippen molar-refractivity contribution in [2.75, 3.05) is 13.2 Å². The summed E-state index contributed by atoms with van der Waals surface area (Å²) >= 11 is 0. The molecule has 10 heteroatoms. The third-order valence-electron chi connectivity index (χ3n) is 2.23. The average Bonchev–Trinajstić information content (AvgIpc) is 2.42. The zero-order chi connectivity index (χ0) is 17.0. The second-order valence-electron chi connectivity index (χ2n) is 4.09. The standard InChI is InChI=1S/C12H11F6O3P/c1-9(10-5-3-2-4-6-10)22(19,20-7-11(13,14)15)21-8-12(16,17)18/h2-6H,1,7-8H2. The van der Waals surface area contributed by atoms with Gasteiger partial charge in [0.1, 0.15) is 0 Å². The topological polar surface area (TPSA) is 35.5 Å². The van der Waals surface area contributed by atoms with E-state index in [0.717, 1.165) is 0 Å². The van der Waals surface area contributed by atoms with Gasteiger partial charge >= 0.3 is 19.9 Å². The van der Waals surface area contributed by atoms with Crippen LogP contribution in [-0.4, -0.2) is 25.6 Å². The second kappa shape index (κ2) is 6.85. The molecule has 1 aromatic rings. The molecule has 0 spiro atoms. The van der Waals surface area contributed by atoms with Crippen LogP contribution >= 0.6 is 7.60 Å². The van der Waals surface area contributed by atoms with Crippen LogP contribution in [0, 0.1) is 0 Å². The predicted molar refractivity (Wildman–Crippen MR) is 67.1 cm³/mol. The molecule has 0 aliphatic heterocycles. The van der Waals surface area contributed by atoms with Crippen molar-refractivity contribution in [3.05, 3.63) is 42.5 Å². The van der Waals surface area contributed by atoms with Crippen LogP contribution in [0.1, 0.15) is 5.56 Å². The van der Waals surface area contributed by atoms with E-state index < -0.39 is 38.5 Å². The highest BCUT2D eigenvalue weighted by atomic mass is 31.2. The Morgan fingerprint density at radius 3 is 1.73 bits per heavy atom. The molecule has 0 aliphatic rings. The Kier molecular flexibility index (Phi) is 5.83. The van der Waals surface area contributed by atoms with Crippen LogP contribution in [0.2, 0.25) is 0 Å². The minimum Gasteiger partial charge on any atom is -0.296 e. The van der Waals surface area contributed by atoms with Crippen molar-refractivity contribution in [3.63, 3.8) is 0 Å². The number of benzene rings is 1. The summed E-state index contributed by atoms with van der Waals surface area (Å²) in [4.78, 5) is 0. The molecule has 0 atom stereocenters. The molecule has 1 aromatic carbocycles. The number of hydrogen-bond donors (Lipinski definition) is 0. The molecule has 0 unspecified atom stereocenters. The molecule has 0 radical (unpaired) electrons. The summed E-state index contributed by atoms with van der Waals surface area (Å²) in [6.07, 6.45) is -9.76. The Morgan fingerprint density at radius 1 is 0.955 bits per heavy atom. The van der Waals surface area contributed by atoms with Crippen molar-refractivity contribution in [1.82, 2.24) is 0 Å². The Hall–Kier alpha value is -1.31. The molecule has 124 valence electrons. The third-order valence-corrected chi connectivity index (χ3v) is 4.09. The molecular weight excluding hydrogens is 337 g/mol. The smallest absolute Gasteiger partial charge is 0.296 e. The third kappa shape index (κ3) is 6.21. The maximum atomic E-state index is 12.3. The Bertz CT molecular complexity index is 530. The number of rotatable bonds is 6. The van der Waals surface area contributed by atoms with Gasteiger partial charge in [-0.1, -0.05) is 36.9 Å². The van der Waals surface area contributed by atoms with Gasteiger partial charge in [0, 0.05) is 0 Å². The van der Waals surface area contributed by atoms with Crippen molar-refractivity contribution >= 4 is 12.9 Å². The summed E-state index contributed by atoms with van der Waals surface area (Å²) in [5.41, 5.74) is 0.0511. The molecule has 0 saturated heterocycles. The molecule has 3 nitrogen and oxygen atoms in total. The minimum atomic E-state index is -4.88. The molecular formula is C12H11F6O3P. The molecule has 0 bridgehead atoms. The SMILES string of the molecule is C=C(c1ccccc1)P(=O)(OCC(F)(F)F)OCC(F)(F)F. The zero-order valence-electron chi connectivity index (χ0n) is 10.9. The lowest BCUT2D eigenvalue weighted by molar-refractivity contribution is -0.164. The molecule has 1 rings (SSSR count). The predicted octanol–water partition coefficient (Wildman–Crippen LogP) is 5.01. The first-order valence-corrected chi connectivity index (χ1v) is 7.25. The van der Waals surface area contributed by atoms with E-state index in [2.05, 4.69) is 15.6 Å². The van der Waals surface area contributed by atoms with E-state index >= 15 is 0 Å². The lowest BCUT2D eigenvalue weighted by Crippen LogP contribution is -2.20. The highest BCUT2D eigenvalue weighted by Crippen LogP contribution is 2.60. The Balaban J connectivity index is 3.00. The normalized spacial score (nSPS) is 13.2. The van der Waals surface area contributed by atoms with Crippen molar-refractivity contribution in [2.45, 2.75) is 12.4 Å². The van der Waals surface area contributed by atoms with E-state index in [-0.39, 0.29) is 5.56 Å². The first-order chi connectivity index (χ1) is 9.93. The highest BCUT2D eigenvalue weighted by molar-refractivity contribution is 7.65. The number of alkyl halides is 6. The van der Waals surface area contributed by atoms with E-state index in [4.69, 9.17) is 0 Å². The van der Waals surface area contributed by atoms with Crippen LogP contribution in [-0.2, 0) is 13.6 Å². The maximum absolute atomic E-state index is 12.3. The fourth-order valence-electron chi connectivity index (χ4n) is 1.30. The van der Waals surface area contributed by atoms with Gasteiger partial charge in [0.2, 0.25) is 0 Å². The Labute approximate surface area is 122 Å². The lowest BCUT2D eigenvalue weighted by atomic mass is 10.2. The van der Waals surface area contributed by atoms with E-state index in [9.17, 15) is 30.9 Å². The average molecular weight is 348 g/mol. The van der Waals surface area contributed by atoms with Gasteiger partial charge < -0.3 is 0 Å². The van der Waals surface area contributed by atoms with E-state index in [1.807, 2.05) is 0 Å². The first-order valence-electron chi connectivity index (χ1n) is 5.70. The molecule has 0 aliphatic carbocycles. The number of halogens is 6. The maximum Gasteiger partial charge on any atom is 0.412 e. The molecule has 0 fully saturated rings. The molecule has 0 N–H and O–H groups in total. The van der Waals surface area contributed by atoms with Gasteiger partial charge in [0.25, 0.3) is 0 Å². The molecule has 22 heavy (non-hydrogen) atoms. The van der Waals surface area contributed by atoms with Gasteiger partial charge in [-0.15, -0.1) is 0 Å². The van der Waals surface area contributed by atoms with Crippen LogP contribution < -0.4 is 0 Å². The van der Waals surface area contributed by atoms with Gasteiger partial charge in [0.05, 0.1) is 5.31 Å². The quantitative estimate of drug-likeness (QED) is 0.536. The largest absolute Gasteiger partial charge is 0.412 e. The first kappa shape index (κ1) is 18.7. The fourth-order valence-corrected chi connectivity index (χ4v) is 2.78. The number of hydrogen-bond acceptors (Lipinski definition) is 3. The lowest BCUT2D eigenvalue weighted by Gasteiger charge is -2.22. The van der Waals surface area contributed by atoms with E-state index in [0.29, 0.717) is 0 Å². The van der Waals surface area contributed by atoms with Crippen LogP contribution in [0.3, 0.4) is 0 Å². The molecule has 0 amide bonds.